The largest absolute Gasteiger partial charge is 0.382 e. The number of hydrogen-bond acceptors (Lipinski definition) is 4. The standard InChI is InChI=1S/C14H23N3O2S/c1-2-10-17-20(18,19)13-7-4-3-6-12(13)16-11-14(15)8-5-9-14/h3-4,6-7,16-17H,2,5,8-11,15H2,1H3. The van der Waals surface area contributed by atoms with Gasteiger partial charge in [-0.1, -0.05) is 19.1 Å². The summed E-state index contributed by atoms with van der Waals surface area (Å²) >= 11 is 0. The van der Waals surface area contributed by atoms with E-state index in [0.29, 0.717) is 18.8 Å². The molecule has 4 N–H and O–H groups in total. The van der Waals surface area contributed by atoms with Crippen LogP contribution in [0.25, 0.3) is 0 Å². The van der Waals surface area contributed by atoms with Crippen molar-refractivity contribution in [3.05, 3.63) is 24.3 Å². The van der Waals surface area contributed by atoms with Gasteiger partial charge in [0.2, 0.25) is 10.0 Å². The van der Waals surface area contributed by atoms with Crippen LogP contribution in [0.15, 0.2) is 29.2 Å². The Balaban J connectivity index is 2.13. The molecule has 0 saturated heterocycles. The fraction of sp³-hybridized carbons (Fsp3) is 0.571. The molecule has 0 aliphatic heterocycles. The fourth-order valence-electron chi connectivity index (χ4n) is 2.24. The van der Waals surface area contributed by atoms with E-state index in [0.717, 1.165) is 25.7 Å². The number of hydrogen-bond donors (Lipinski definition) is 3. The Morgan fingerprint density at radius 2 is 2.00 bits per heavy atom. The summed E-state index contributed by atoms with van der Waals surface area (Å²) < 4.78 is 27.1. The van der Waals surface area contributed by atoms with Gasteiger partial charge in [0, 0.05) is 18.6 Å². The van der Waals surface area contributed by atoms with Gasteiger partial charge in [0.1, 0.15) is 4.90 Å². The normalized spacial score (nSPS) is 17.5. The lowest BCUT2D eigenvalue weighted by Crippen LogP contribution is -2.52. The second-order valence-electron chi connectivity index (χ2n) is 5.46. The SMILES string of the molecule is CCCNS(=O)(=O)c1ccccc1NCC1(N)CCC1. The number of nitrogens with one attached hydrogen (secondary N) is 2. The fourth-order valence-corrected chi connectivity index (χ4v) is 3.56. The average molecular weight is 297 g/mol. The zero-order chi connectivity index (χ0) is 14.6. The van der Waals surface area contributed by atoms with Gasteiger partial charge in [-0.25, -0.2) is 13.1 Å². The van der Waals surface area contributed by atoms with Crippen LogP contribution in [0, 0.1) is 0 Å². The number of benzene rings is 1. The molecular formula is C14H23N3O2S. The van der Waals surface area contributed by atoms with Crippen LogP contribution in [0.1, 0.15) is 32.6 Å². The number of rotatable bonds is 7. The minimum Gasteiger partial charge on any atom is -0.382 e. The lowest BCUT2D eigenvalue weighted by atomic mass is 9.78. The van der Waals surface area contributed by atoms with Crippen molar-refractivity contribution in [1.82, 2.24) is 4.72 Å². The molecule has 0 spiro atoms. The number of anilines is 1. The average Bonchev–Trinajstić information content (AvgIpc) is 2.41. The van der Waals surface area contributed by atoms with Crippen molar-refractivity contribution in [2.45, 2.75) is 43.0 Å². The topological polar surface area (TPSA) is 84.2 Å². The molecule has 2 rings (SSSR count). The molecule has 6 heteroatoms. The van der Waals surface area contributed by atoms with Gasteiger partial charge in [0.25, 0.3) is 0 Å². The first-order chi connectivity index (χ1) is 9.47. The minimum absolute atomic E-state index is 0.187. The molecule has 112 valence electrons. The van der Waals surface area contributed by atoms with Crippen LogP contribution in [-0.4, -0.2) is 27.0 Å². The van der Waals surface area contributed by atoms with Crippen molar-refractivity contribution in [1.29, 1.82) is 0 Å². The Kier molecular flexibility index (Phi) is 4.67. The van der Waals surface area contributed by atoms with Crippen LogP contribution in [-0.2, 0) is 10.0 Å². The van der Waals surface area contributed by atoms with Crippen LogP contribution in [0.4, 0.5) is 5.69 Å². The lowest BCUT2D eigenvalue weighted by molar-refractivity contribution is 0.265. The van der Waals surface area contributed by atoms with E-state index in [9.17, 15) is 8.42 Å². The van der Waals surface area contributed by atoms with Crippen molar-refractivity contribution in [2.75, 3.05) is 18.4 Å². The predicted molar refractivity (Wildman–Crippen MR) is 81.2 cm³/mol. The van der Waals surface area contributed by atoms with E-state index in [-0.39, 0.29) is 10.4 Å². The summed E-state index contributed by atoms with van der Waals surface area (Å²) in [6.07, 6.45) is 3.89. The van der Waals surface area contributed by atoms with Gasteiger partial charge in [-0.3, -0.25) is 0 Å². The molecule has 0 atom stereocenters. The van der Waals surface area contributed by atoms with Crippen molar-refractivity contribution < 1.29 is 8.42 Å². The van der Waals surface area contributed by atoms with Crippen LogP contribution < -0.4 is 15.8 Å². The highest BCUT2D eigenvalue weighted by atomic mass is 32.2. The van der Waals surface area contributed by atoms with E-state index < -0.39 is 10.0 Å². The maximum Gasteiger partial charge on any atom is 0.242 e. The molecule has 5 nitrogen and oxygen atoms in total. The molecular weight excluding hydrogens is 274 g/mol. The van der Waals surface area contributed by atoms with Gasteiger partial charge < -0.3 is 11.1 Å². The quantitative estimate of drug-likeness (QED) is 0.715. The molecule has 1 aromatic carbocycles. The smallest absolute Gasteiger partial charge is 0.242 e. The molecule has 1 aliphatic rings. The third-order valence-electron chi connectivity index (χ3n) is 3.70. The molecule has 1 aromatic rings. The minimum atomic E-state index is -3.46. The van der Waals surface area contributed by atoms with Gasteiger partial charge in [0.05, 0.1) is 5.69 Å². The lowest BCUT2D eigenvalue weighted by Gasteiger charge is -2.38. The van der Waals surface area contributed by atoms with Crippen LogP contribution in [0.2, 0.25) is 0 Å². The Bertz CT molecular complexity index is 553. The van der Waals surface area contributed by atoms with Crippen molar-refractivity contribution in [2.24, 2.45) is 5.73 Å². The summed E-state index contributed by atoms with van der Waals surface area (Å²) in [6, 6.07) is 6.95. The third-order valence-corrected chi connectivity index (χ3v) is 5.22. The first-order valence-corrected chi connectivity index (χ1v) is 8.57. The summed E-state index contributed by atoms with van der Waals surface area (Å²) in [4.78, 5) is 0.288. The molecule has 0 unspecified atom stereocenters. The highest BCUT2D eigenvalue weighted by Crippen LogP contribution is 2.30. The highest BCUT2D eigenvalue weighted by molar-refractivity contribution is 7.89. The van der Waals surface area contributed by atoms with Crippen molar-refractivity contribution >= 4 is 15.7 Å². The van der Waals surface area contributed by atoms with Gasteiger partial charge in [-0.15, -0.1) is 0 Å². The number of nitrogens with two attached hydrogens (primary N) is 1. The van der Waals surface area contributed by atoms with Crippen LogP contribution in [0.3, 0.4) is 0 Å². The van der Waals surface area contributed by atoms with Gasteiger partial charge in [0.15, 0.2) is 0 Å². The number of para-hydroxylation sites is 1. The summed E-state index contributed by atoms with van der Waals surface area (Å²) in [5.41, 5.74) is 6.59. The van der Waals surface area contributed by atoms with Crippen molar-refractivity contribution in [3.8, 4) is 0 Å². The summed E-state index contributed by atoms with van der Waals surface area (Å²) in [7, 11) is -3.46. The molecule has 1 aliphatic carbocycles. The second kappa shape index (κ2) is 6.11. The molecule has 0 aromatic heterocycles. The summed E-state index contributed by atoms with van der Waals surface area (Å²) in [6.45, 7) is 2.98. The van der Waals surface area contributed by atoms with Gasteiger partial charge in [-0.2, -0.15) is 0 Å². The molecule has 0 amide bonds. The van der Waals surface area contributed by atoms with Crippen molar-refractivity contribution in [3.63, 3.8) is 0 Å². The van der Waals surface area contributed by atoms with Gasteiger partial charge in [-0.05, 0) is 37.8 Å². The predicted octanol–water partition coefficient (Wildman–Crippen LogP) is 1.67. The summed E-state index contributed by atoms with van der Waals surface area (Å²) in [5, 5.41) is 3.19. The Morgan fingerprint density at radius 1 is 1.30 bits per heavy atom. The molecule has 1 saturated carbocycles. The first-order valence-electron chi connectivity index (χ1n) is 7.08. The first kappa shape index (κ1) is 15.3. The maximum atomic E-state index is 12.2. The summed E-state index contributed by atoms with van der Waals surface area (Å²) in [5.74, 6) is 0. The second-order valence-corrected chi connectivity index (χ2v) is 7.20. The van der Waals surface area contributed by atoms with E-state index in [2.05, 4.69) is 10.0 Å². The van der Waals surface area contributed by atoms with Crippen LogP contribution in [0.5, 0.6) is 0 Å². The van der Waals surface area contributed by atoms with E-state index in [1.165, 1.54) is 0 Å². The Morgan fingerprint density at radius 3 is 2.60 bits per heavy atom. The van der Waals surface area contributed by atoms with E-state index in [1.54, 1.807) is 18.2 Å². The zero-order valence-electron chi connectivity index (χ0n) is 11.9. The molecule has 0 radical (unpaired) electrons. The van der Waals surface area contributed by atoms with Gasteiger partial charge >= 0.3 is 0 Å². The highest BCUT2D eigenvalue weighted by Gasteiger charge is 2.32. The zero-order valence-corrected chi connectivity index (χ0v) is 12.7. The molecule has 0 bridgehead atoms. The Hall–Kier alpha value is -1.11. The van der Waals surface area contributed by atoms with E-state index in [4.69, 9.17) is 5.73 Å². The maximum absolute atomic E-state index is 12.2. The monoisotopic (exact) mass is 297 g/mol. The van der Waals surface area contributed by atoms with Crippen LogP contribution >= 0.6 is 0 Å². The third kappa shape index (κ3) is 3.50. The number of sulfonamides is 1. The molecule has 20 heavy (non-hydrogen) atoms. The Labute approximate surface area is 121 Å². The molecule has 0 heterocycles. The molecule has 1 fully saturated rings. The van der Waals surface area contributed by atoms with E-state index in [1.807, 2.05) is 13.0 Å². The van der Waals surface area contributed by atoms with E-state index >= 15 is 0 Å².